The first-order chi connectivity index (χ1) is 29.8. The molecule has 60 heavy (non-hydrogen) atoms. The molecule has 11 aromatic rings. The Bertz CT molecular complexity index is 3260. The normalized spacial score (nSPS) is 11.3. The monoisotopic (exact) mass is 764 g/mol. The summed E-state index contributed by atoms with van der Waals surface area (Å²) in [6.07, 6.45) is 0. The molecule has 2 heteroatoms. The third-order valence-electron chi connectivity index (χ3n) is 11.8. The van der Waals surface area contributed by atoms with Crippen LogP contribution in [-0.2, 0) is 0 Å². The summed E-state index contributed by atoms with van der Waals surface area (Å²) in [6, 6.07) is 88.1. The zero-order valence-corrected chi connectivity index (χ0v) is 33.0. The number of benzene rings is 11. The van der Waals surface area contributed by atoms with Gasteiger partial charge in [-0.3, -0.25) is 0 Å². The van der Waals surface area contributed by atoms with Crippen LogP contribution in [0.5, 0.6) is 0 Å². The average Bonchev–Trinajstić information content (AvgIpc) is 3.32. The van der Waals surface area contributed by atoms with Gasteiger partial charge in [-0.15, -0.1) is 0 Å². The lowest BCUT2D eigenvalue weighted by molar-refractivity contribution is 1.29. The molecule has 0 aliphatic heterocycles. The minimum atomic E-state index is 1.10. The minimum Gasteiger partial charge on any atom is -0.310 e. The van der Waals surface area contributed by atoms with Crippen LogP contribution < -0.4 is 9.80 Å². The summed E-state index contributed by atoms with van der Waals surface area (Å²) in [6.45, 7) is 0. The third kappa shape index (κ3) is 6.23. The number of anilines is 6. The molecule has 0 fully saturated rings. The van der Waals surface area contributed by atoms with Gasteiger partial charge in [-0.1, -0.05) is 170 Å². The van der Waals surface area contributed by atoms with Gasteiger partial charge in [-0.05, 0) is 133 Å². The molecule has 0 spiro atoms. The van der Waals surface area contributed by atoms with Gasteiger partial charge >= 0.3 is 0 Å². The summed E-state index contributed by atoms with van der Waals surface area (Å²) in [5, 5.41) is 9.67. The molecule has 0 heterocycles. The third-order valence-corrected chi connectivity index (χ3v) is 11.8. The Kier molecular flexibility index (Phi) is 8.87. The number of nitrogens with zero attached hydrogens (tertiary/aromatic N) is 2. The first-order valence-corrected chi connectivity index (χ1v) is 20.6. The SMILES string of the molecule is c1ccc(-c2c3ccc(N(c4ccccc4)c4ccccc4)cc3c(-c3ccc4ccccc4c3)c3ccc(N(c4ccccc4)c4cccc5ccccc45)cc23)cc1. The van der Waals surface area contributed by atoms with E-state index in [1.807, 2.05) is 0 Å². The van der Waals surface area contributed by atoms with E-state index in [0.717, 1.165) is 34.1 Å². The Morgan fingerprint density at radius 3 is 1.30 bits per heavy atom. The van der Waals surface area contributed by atoms with E-state index >= 15 is 0 Å². The van der Waals surface area contributed by atoms with Crippen molar-refractivity contribution in [3.63, 3.8) is 0 Å². The first-order valence-electron chi connectivity index (χ1n) is 20.6. The Morgan fingerprint density at radius 1 is 0.217 bits per heavy atom. The topological polar surface area (TPSA) is 6.48 Å². The van der Waals surface area contributed by atoms with E-state index in [9.17, 15) is 0 Å². The Balaban J connectivity index is 1.25. The first kappa shape index (κ1) is 35.2. The molecule has 0 N–H and O–H groups in total. The van der Waals surface area contributed by atoms with Gasteiger partial charge in [0.25, 0.3) is 0 Å². The second-order valence-corrected chi connectivity index (χ2v) is 15.3. The highest BCUT2D eigenvalue weighted by molar-refractivity contribution is 6.23. The van der Waals surface area contributed by atoms with Gasteiger partial charge < -0.3 is 9.80 Å². The van der Waals surface area contributed by atoms with Crippen LogP contribution in [0.15, 0.2) is 243 Å². The zero-order chi connectivity index (χ0) is 39.8. The van der Waals surface area contributed by atoms with Crippen LogP contribution in [0.1, 0.15) is 0 Å². The van der Waals surface area contributed by atoms with Crippen LogP contribution in [0.3, 0.4) is 0 Å². The smallest absolute Gasteiger partial charge is 0.0540 e. The molecule has 0 atom stereocenters. The van der Waals surface area contributed by atoms with E-state index in [-0.39, 0.29) is 0 Å². The van der Waals surface area contributed by atoms with Gasteiger partial charge in [0.1, 0.15) is 0 Å². The lowest BCUT2D eigenvalue weighted by atomic mass is 9.85. The van der Waals surface area contributed by atoms with Crippen molar-refractivity contribution < 1.29 is 0 Å². The summed E-state index contributed by atoms with van der Waals surface area (Å²) in [5.41, 5.74) is 11.5. The number of fused-ring (bicyclic) bond motifs is 4. The van der Waals surface area contributed by atoms with Gasteiger partial charge in [-0.2, -0.15) is 0 Å². The number of para-hydroxylation sites is 3. The molecular formula is C58H40N2. The van der Waals surface area contributed by atoms with E-state index in [2.05, 4.69) is 252 Å². The van der Waals surface area contributed by atoms with Gasteiger partial charge in [0.2, 0.25) is 0 Å². The van der Waals surface area contributed by atoms with Crippen molar-refractivity contribution >= 4 is 77.2 Å². The molecule has 0 saturated heterocycles. The summed E-state index contributed by atoms with van der Waals surface area (Å²) < 4.78 is 0. The van der Waals surface area contributed by atoms with Crippen LogP contribution in [0, 0.1) is 0 Å². The Labute approximate surface area is 350 Å². The summed E-state index contributed by atoms with van der Waals surface area (Å²) >= 11 is 0. The highest BCUT2D eigenvalue weighted by atomic mass is 15.1. The van der Waals surface area contributed by atoms with E-state index in [4.69, 9.17) is 0 Å². The summed E-state index contributed by atoms with van der Waals surface area (Å²) in [4.78, 5) is 4.78. The fourth-order valence-corrected chi connectivity index (χ4v) is 9.06. The maximum absolute atomic E-state index is 2.42. The predicted octanol–water partition coefficient (Wildman–Crippen LogP) is 16.6. The van der Waals surface area contributed by atoms with Gasteiger partial charge in [0.05, 0.1) is 5.69 Å². The molecule has 11 aromatic carbocycles. The molecule has 0 bridgehead atoms. The van der Waals surface area contributed by atoms with Crippen molar-refractivity contribution in [2.75, 3.05) is 9.80 Å². The fourth-order valence-electron chi connectivity index (χ4n) is 9.06. The van der Waals surface area contributed by atoms with Crippen LogP contribution in [0.4, 0.5) is 34.1 Å². The lowest BCUT2D eigenvalue weighted by Gasteiger charge is -2.28. The van der Waals surface area contributed by atoms with Crippen LogP contribution in [0.2, 0.25) is 0 Å². The Hall–Kier alpha value is -7.94. The molecule has 0 aliphatic carbocycles. The van der Waals surface area contributed by atoms with E-state index < -0.39 is 0 Å². The largest absolute Gasteiger partial charge is 0.310 e. The maximum Gasteiger partial charge on any atom is 0.0540 e. The molecule has 2 nitrogen and oxygen atoms in total. The maximum atomic E-state index is 2.42. The van der Waals surface area contributed by atoms with Crippen LogP contribution in [-0.4, -0.2) is 0 Å². The number of hydrogen-bond donors (Lipinski definition) is 0. The number of rotatable bonds is 8. The molecule has 0 amide bonds. The zero-order valence-electron chi connectivity index (χ0n) is 33.0. The average molecular weight is 765 g/mol. The molecule has 0 unspecified atom stereocenters. The van der Waals surface area contributed by atoms with E-state index in [1.54, 1.807) is 0 Å². The van der Waals surface area contributed by atoms with E-state index in [1.165, 1.54) is 65.3 Å². The van der Waals surface area contributed by atoms with Crippen molar-refractivity contribution in [1.82, 2.24) is 0 Å². The molecular weight excluding hydrogens is 725 g/mol. The quantitative estimate of drug-likeness (QED) is 0.142. The lowest BCUT2D eigenvalue weighted by Crippen LogP contribution is -2.10. The summed E-state index contributed by atoms with van der Waals surface area (Å²) in [7, 11) is 0. The fraction of sp³-hybridized carbons (Fsp3) is 0. The van der Waals surface area contributed by atoms with Gasteiger partial charge in [-0.25, -0.2) is 0 Å². The second-order valence-electron chi connectivity index (χ2n) is 15.3. The number of hydrogen-bond acceptors (Lipinski definition) is 2. The molecule has 282 valence electrons. The van der Waals surface area contributed by atoms with Gasteiger partial charge in [0, 0.05) is 33.8 Å². The molecule has 11 rings (SSSR count). The van der Waals surface area contributed by atoms with Crippen molar-refractivity contribution in [1.29, 1.82) is 0 Å². The van der Waals surface area contributed by atoms with Crippen LogP contribution >= 0.6 is 0 Å². The molecule has 0 aromatic heterocycles. The van der Waals surface area contributed by atoms with Gasteiger partial charge in [0.15, 0.2) is 0 Å². The van der Waals surface area contributed by atoms with Crippen molar-refractivity contribution in [3.8, 4) is 22.3 Å². The standard InChI is InChI=1S/C58H40N2/c1-5-20-43(21-6-1)57-52-36-34-49(59(46-24-7-2-8-25-46)47-26-9-3-10-27-47)39-55(52)58(45-33-32-41-18-13-14-22-44(41)38-45)53-37-35-50(40-54(53)57)60(48-28-11-4-12-29-48)56-31-17-23-42-19-15-16-30-51(42)56/h1-40H. The minimum absolute atomic E-state index is 1.10. The summed E-state index contributed by atoms with van der Waals surface area (Å²) in [5.74, 6) is 0. The van der Waals surface area contributed by atoms with Crippen molar-refractivity contribution in [3.05, 3.63) is 243 Å². The highest BCUT2D eigenvalue weighted by Gasteiger charge is 2.22. The molecule has 0 saturated carbocycles. The van der Waals surface area contributed by atoms with E-state index in [0.29, 0.717) is 0 Å². The highest BCUT2D eigenvalue weighted by Crippen LogP contribution is 2.49. The molecule has 0 radical (unpaired) electrons. The molecule has 0 aliphatic rings. The van der Waals surface area contributed by atoms with Crippen molar-refractivity contribution in [2.45, 2.75) is 0 Å². The van der Waals surface area contributed by atoms with Crippen LogP contribution in [0.25, 0.3) is 65.3 Å². The predicted molar refractivity (Wildman–Crippen MR) is 257 cm³/mol. The van der Waals surface area contributed by atoms with Crippen molar-refractivity contribution in [2.24, 2.45) is 0 Å². The second kappa shape index (κ2) is 15.1. The Morgan fingerprint density at radius 2 is 0.683 bits per heavy atom.